The largest absolute Gasteiger partial charge is 0.394 e. The fourth-order valence-electron chi connectivity index (χ4n) is 0.948. The van der Waals surface area contributed by atoms with Crippen molar-refractivity contribution < 1.29 is 14.6 Å². The molecular weight excluding hydrogens is 134 g/mol. The third kappa shape index (κ3) is 1.68. The van der Waals surface area contributed by atoms with Gasteiger partial charge in [0.25, 0.3) is 0 Å². The van der Waals surface area contributed by atoms with E-state index in [0.717, 1.165) is 6.41 Å². The van der Waals surface area contributed by atoms with Crippen molar-refractivity contribution in [2.24, 2.45) is 0 Å². The van der Waals surface area contributed by atoms with E-state index in [2.05, 4.69) is 0 Å². The van der Waals surface area contributed by atoms with Crippen molar-refractivity contribution in [3.05, 3.63) is 0 Å². The highest BCUT2D eigenvalue weighted by molar-refractivity contribution is 5.47. The molecular formula is C6H11NO3. The van der Waals surface area contributed by atoms with Crippen molar-refractivity contribution >= 4 is 6.41 Å². The topological polar surface area (TPSA) is 49.8 Å². The van der Waals surface area contributed by atoms with E-state index in [1.54, 1.807) is 4.90 Å². The lowest BCUT2D eigenvalue weighted by Gasteiger charge is -2.28. The highest BCUT2D eigenvalue weighted by Crippen LogP contribution is 2.01. The van der Waals surface area contributed by atoms with E-state index < -0.39 is 0 Å². The second-order valence-electron chi connectivity index (χ2n) is 2.28. The van der Waals surface area contributed by atoms with Crippen molar-refractivity contribution in [1.82, 2.24) is 4.90 Å². The van der Waals surface area contributed by atoms with Gasteiger partial charge in [-0.15, -0.1) is 0 Å². The quantitative estimate of drug-likeness (QED) is 0.498. The van der Waals surface area contributed by atoms with Crippen LogP contribution in [0, 0.1) is 0 Å². The molecule has 1 heterocycles. The molecule has 1 atom stereocenters. The molecule has 0 spiro atoms. The zero-order valence-electron chi connectivity index (χ0n) is 5.69. The van der Waals surface area contributed by atoms with Crippen LogP contribution >= 0.6 is 0 Å². The summed E-state index contributed by atoms with van der Waals surface area (Å²) in [5, 5.41) is 8.64. The SMILES string of the molecule is O=CN1CCOC(CO)C1. The molecule has 0 aromatic heterocycles. The molecule has 0 aromatic rings. The predicted octanol–water partition coefficient (Wildman–Crippen LogP) is -1.16. The summed E-state index contributed by atoms with van der Waals surface area (Å²) >= 11 is 0. The third-order valence-electron chi connectivity index (χ3n) is 1.52. The number of aliphatic hydroxyl groups excluding tert-OH is 1. The molecule has 1 aliphatic heterocycles. The summed E-state index contributed by atoms with van der Waals surface area (Å²) in [4.78, 5) is 11.8. The fourth-order valence-corrected chi connectivity index (χ4v) is 0.948. The average Bonchev–Trinajstić information content (AvgIpc) is 2.05. The molecule has 0 saturated carbocycles. The maximum Gasteiger partial charge on any atom is 0.209 e. The predicted molar refractivity (Wildman–Crippen MR) is 34.5 cm³/mol. The normalized spacial score (nSPS) is 26.5. The number of carbonyl (C=O) groups excluding carboxylic acids is 1. The number of hydrogen-bond donors (Lipinski definition) is 1. The number of aliphatic hydroxyl groups is 1. The molecule has 0 aliphatic carbocycles. The van der Waals surface area contributed by atoms with Crippen LogP contribution in [-0.4, -0.2) is 48.8 Å². The number of morpholine rings is 1. The zero-order chi connectivity index (χ0) is 7.40. The van der Waals surface area contributed by atoms with Gasteiger partial charge in [0.15, 0.2) is 0 Å². The van der Waals surface area contributed by atoms with Crippen molar-refractivity contribution in [3.63, 3.8) is 0 Å². The van der Waals surface area contributed by atoms with Gasteiger partial charge in [-0.05, 0) is 0 Å². The highest BCUT2D eigenvalue weighted by Gasteiger charge is 2.17. The summed E-state index contributed by atoms with van der Waals surface area (Å²) in [5.74, 6) is 0. The lowest BCUT2D eigenvalue weighted by Crippen LogP contribution is -2.43. The minimum absolute atomic E-state index is 0.00958. The molecule has 1 fully saturated rings. The van der Waals surface area contributed by atoms with Crippen LogP contribution in [0.1, 0.15) is 0 Å². The average molecular weight is 145 g/mol. The first kappa shape index (κ1) is 7.50. The maximum atomic E-state index is 10.2. The summed E-state index contributed by atoms with van der Waals surface area (Å²) in [5.41, 5.74) is 0. The van der Waals surface area contributed by atoms with Crippen molar-refractivity contribution in [2.45, 2.75) is 6.10 Å². The Morgan fingerprint density at radius 3 is 3.20 bits per heavy atom. The first-order valence-corrected chi connectivity index (χ1v) is 3.28. The van der Waals surface area contributed by atoms with Crippen molar-refractivity contribution in [3.8, 4) is 0 Å². The van der Waals surface area contributed by atoms with E-state index >= 15 is 0 Å². The lowest BCUT2D eigenvalue weighted by molar-refractivity contribution is -0.127. The zero-order valence-corrected chi connectivity index (χ0v) is 5.69. The van der Waals surface area contributed by atoms with Crippen LogP contribution in [-0.2, 0) is 9.53 Å². The van der Waals surface area contributed by atoms with E-state index in [9.17, 15) is 4.79 Å². The molecule has 4 nitrogen and oxygen atoms in total. The molecule has 1 aliphatic rings. The summed E-state index contributed by atoms with van der Waals surface area (Å²) in [6.07, 6.45) is 0.601. The van der Waals surface area contributed by atoms with E-state index in [4.69, 9.17) is 9.84 Å². The summed E-state index contributed by atoms with van der Waals surface area (Å²) < 4.78 is 5.11. The third-order valence-corrected chi connectivity index (χ3v) is 1.52. The van der Waals surface area contributed by atoms with Crippen LogP contribution in [0.5, 0.6) is 0 Å². The van der Waals surface area contributed by atoms with Gasteiger partial charge in [-0.1, -0.05) is 0 Å². The van der Waals surface area contributed by atoms with Gasteiger partial charge in [0, 0.05) is 13.1 Å². The van der Waals surface area contributed by atoms with Gasteiger partial charge in [0.05, 0.1) is 19.3 Å². The Labute approximate surface area is 59.4 Å². The molecule has 1 rings (SSSR count). The van der Waals surface area contributed by atoms with Gasteiger partial charge in [0.1, 0.15) is 0 Å². The summed E-state index contributed by atoms with van der Waals surface area (Å²) in [6, 6.07) is 0. The van der Waals surface area contributed by atoms with Gasteiger partial charge in [-0.3, -0.25) is 4.79 Å². The number of ether oxygens (including phenoxy) is 1. The highest BCUT2D eigenvalue weighted by atomic mass is 16.5. The Bertz CT molecular complexity index is 118. The first-order chi connectivity index (χ1) is 4.86. The van der Waals surface area contributed by atoms with Crippen molar-refractivity contribution in [2.75, 3.05) is 26.3 Å². The second kappa shape index (κ2) is 3.53. The molecule has 0 aromatic carbocycles. The summed E-state index contributed by atoms with van der Waals surface area (Å²) in [6.45, 7) is 1.67. The van der Waals surface area contributed by atoms with E-state index in [0.29, 0.717) is 19.7 Å². The maximum absolute atomic E-state index is 10.2. The van der Waals surface area contributed by atoms with Crippen LogP contribution < -0.4 is 0 Å². The number of carbonyl (C=O) groups is 1. The van der Waals surface area contributed by atoms with E-state index in [1.165, 1.54) is 0 Å². The Morgan fingerprint density at radius 2 is 2.60 bits per heavy atom. The molecule has 1 unspecified atom stereocenters. The smallest absolute Gasteiger partial charge is 0.209 e. The molecule has 58 valence electrons. The standard InChI is InChI=1S/C6H11NO3/c8-4-6-3-7(5-9)1-2-10-6/h5-6,8H,1-4H2. The van der Waals surface area contributed by atoms with Gasteiger partial charge in [-0.2, -0.15) is 0 Å². The van der Waals surface area contributed by atoms with Gasteiger partial charge in [-0.25, -0.2) is 0 Å². The van der Waals surface area contributed by atoms with Gasteiger partial charge < -0.3 is 14.7 Å². The van der Waals surface area contributed by atoms with Crippen LogP contribution in [0.4, 0.5) is 0 Å². The molecule has 1 N–H and O–H groups in total. The van der Waals surface area contributed by atoms with Gasteiger partial charge >= 0.3 is 0 Å². The Kier molecular flexibility index (Phi) is 2.65. The molecule has 1 amide bonds. The van der Waals surface area contributed by atoms with E-state index in [-0.39, 0.29) is 12.7 Å². The molecule has 10 heavy (non-hydrogen) atoms. The number of rotatable bonds is 2. The van der Waals surface area contributed by atoms with Gasteiger partial charge in [0.2, 0.25) is 6.41 Å². The van der Waals surface area contributed by atoms with Crippen LogP contribution in [0.15, 0.2) is 0 Å². The van der Waals surface area contributed by atoms with Crippen LogP contribution in [0.3, 0.4) is 0 Å². The van der Waals surface area contributed by atoms with Crippen molar-refractivity contribution in [1.29, 1.82) is 0 Å². The van der Waals surface area contributed by atoms with E-state index in [1.807, 2.05) is 0 Å². The minimum Gasteiger partial charge on any atom is -0.394 e. The Morgan fingerprint density at radius 1 is 1.80 bits per heavy atom. The number of hydrogen-bond acceptors (Lipinski definition) is 3. The first-order valence-electron chi connectivity index (χ1n) is 3.28. The molecule has 0 bridgehead atoms. The molecule has 1 saturated heterocycles. The Balaban J connectivity index is 2.31. The van der Waals surface area contributed by atoms with Crippen LogP contribution in [0.2, 0.25) is 0 Å². The van der Waals surface area contributed by atoms with Crippen LogP contribution in [0.25, 0.3) is 0 Å². The fraction of sp³-hybridized carbons (Fsp3) is 0.833. The number of nitrogens with zero attached hydrogens (tertiary/aromatic N) is 1. The monoisotopic (exact) mass is 145 g/mol. The summed E-state index contributed by atoms with van der Waals surface area (Å²) in [7, 11) is 0. The Hall–Kier alpha value is -0.610. The molecule has 0 radical (unpaired) electrons. The lowest BCUT2D eigenvalue weighted by atomic mass is 10.3. The minimum atomic E-state index is -0.182. The molecule has 4 heteroatoms. The number of amides is 1. The second-order valence-corrected chi connectivity index (χ2v) is 2.28.